The highest BCUT2D eigenvalue weighted by Crippen LogP contribution is 2.31. The molecule has 2 aliphatic rings. The molecule has 6 heteroatoms. The van der Waals surface area contributed by atoms with Crippen molar-refractivity contribution >= 4 is 11.8 Å². The number of carbonyl (C=O) groups excluding carboxylic acids is 2. The van der Waals surface area contributed by atoms with Crippen LogP contribution in [0, 0.1) is 6.92 Å². The largest absolute Gasteiger partial charge is 0.338 e. The molecule has 2 amide bonds. The van der Waals surface area contributed by atoms with Gasteiger partial charge in [-0.2, -0.15) is 0 Å². The molecule has 3 heterocycles. The molecule has 1 atom stereocenters. The van der Waals surface area contributed by atoms with Crippen molar-refractivity contribution in [3.8, 4) is 0 Å². The van der Waals surface area contributed by atoms with Crippen LogP contribution in [0.3, 0.4) is 0 Å². The first kappa shape index (κ1) is 18.6. The van der Waals surface area contributed by atoms with Gasteiger partial charge in [-0.15, -0.1) is 0 Å². The highest BCUT2D eigenvalue weighted by Gasteiger charge is 2.32. The zero-order valence-electron chi connectivity index (χ0n) is 16.5. The fraction of sp³-hybridized carbons (Fsp3) is 0.455. The van der Waals surface area contributed by atoms with Crippen molar-refractivity contribution in [3.63, 3.8) is 0 Å². The van der Waals surface area contributed by atoms with Crippen molar-refractivity contribution in [2.24, 2.45) is 0 Å². The van der Waals surface area contributed by atoms with Crippen molar-refractivity contribution in [2.45, 2.75) is 52.1 Å². The van der Waals surface area contributed by atoms with Gasteiger partial charge in [0.2, 0.25) is 11.8 Å². The molecule has 0 aliphatic carbocycles. The lowest BCUT2D eigenvalue weighted by Gasteiger charge is -2.28. The molecule has 1 fully saturated rings. The topological polar surface area (TPSA) is 66.4 Å². The highest BCUT2D eigenvalue weighted by atomic mass is 16.2. The number of benzene rings is 1. The van der Waals surface area contributed by atoms with Crippen LogP contribution in [-0.2, 0) is 29.0 Å². The second-order valence-electron chi connectivity index (χ2n) is 7.80. The zero-order chi connectivity index (χ0) is 19.7. The number of nitrogens with zero attached hydrogens (tertiary/aromatic N) is 4. The summed E-state index contributed by atoms with van der Waals surface area (Å²) in [5, 5.41) is 0. The van der Waals surface area contributed by atoms with Crippen molar-refractivity contribution in [1.29, 1.82) is 0 Å². The molecule has 0 spiro atoms. The normalized spacial score (nSPS) is 18.9. The smallest absolute Gasteiger partial charge is 0.227 e. The molecule has 0 radical (unpaired) electrons. The maximum atomic E-state index is 12.9. The van der Waals surface area contributed by atoms with Gasteiger partial charge in [0.05, 0.1) is 18.2 Å². The maximum Gasteiger partial charge on any atom is 0.227 e. The van der Waals surface area contributed by atoms with Crippen LogP contribution in [0.25, 0.3) is 0 Å². The predicted octanol–water partition coefficient (Wildman–Crippen LogP) is 2.60. The fourth-order valence-corrected chi connectivity index (χ4v) is 4.19. The molecule has 146 valence electrons. The Kier molecular flexibility index (Phi) is 5.11. The minimum Gasteiger partial charge on any atom is -0.338 e. The summed E-state index contributed by atoms with van der Waals surface area (Å²) < 4.78 is 0. The van der Waals surface area contributed by atoms with Crippen molar-refractivity contribution in [3.05, 3.63) is 58.7 Å². The van der Waals surface area contributed by atoms with Crippen molar-refractivity contribution in [2.75, 3.05) is 13.1 Å². The maximum absolute atomic E-state index is 12.9. The summed E-state index contributed by atoms with van der Waals surface area (Å²) in [6.07, 6.45) is 4.88. The first-order valence-corrected chi connectivity index (χ1v) is 9.96. The molecule has 0 saturated carbocycles. The van der Waals surface area contributed by atoms with E-state index in [1.807, 2.05) is 41.1 Å². The Labute approximate surface area is 165 Å². The molecule has 2 aliphatic heterocycles. The lowest BCUT2D eigenvalue weighted by molar-refractivity contribution is -0.132. The SMILES string of the molecule is CC(=O)N1CCc2nc([C@H]3CCCN3C(=O)Cc3cccc(C)c3)ncc2C1. The molecule has 0 N–H and O–H groups in total. The number of aromatic nitrogens is 2. The van der Waals surface area contributed by atoms with E-state index in [1.165, 1.54) is 5.56 Å². The van der Waals surface area contributed by atoms with Gasteiger partial charge < -0.3 is 9.80 Å². The number of rotatable bonds is 3. The van der Waals surface area contributed by atoms with Crippen LogP contribution < -0.4 is 0 Å². The first-order chi connectivity index (χ1) is 13.5. The monoisotopic (exact) mass is 378 g/mol. The van der Waals surface area contributed by atoms with E-state index in [1.54, 1.807) is 6.92 Å². The minimum absolute atomic E-state index is 0.0477. The summed E-state index contributed by atoms with van der Waals surface area (Å²) in [5.41, 5.74) is 4.24. The quantitative estimate of drug-likeness (QED) is 0.823. The van der Waals surface area contributed by atoms with E-state index in [9.17, 15) is 9.59 Å². The van der Waals surface area contributed by atoms with Gasteiger partial charge in [0.1, 0.15) is 0 Å². The Morgan fingerprint density at radius 2 is 2.11 bits per heavy atom. The van der Waals surface area contributed by atoms with E-state index in [-0.39, 0.29) is 17.9 Å². The number of hydrogen-bond donors (Lipinski definition) is 0. The van der Waals surface area contributed by atoms with E-state index in [0.29, 0.717) is 19.5 Å². The third kappa shape index (κ3) is 3.77. The minimum atomic E-state index is -0.0477. The van der Waals surface area contributed by atoms with Crippen LogP contribution in [0.5, 0.6) is 0 Å². The number of amides is 2. The second-order valence-corrected chi connectivity index (χ2v) is 7.80. The highest BCUT2D eigenvalue weighted by molar-refractivity contribution is 5.79. The van der Waals surface area contributed by atoms with E-state index >= 15 is 0 Å². The van der Waals surface area contributed by atoms with Gasteiger partial charge in [-0.05, 0) is 25.3 Å². The number of likely N-dealkylation sites (tertiary alicyclic amines) is 1. The van der Waals surface area contributed by atoms with E-state index < -0.39 is 0 Å². The molecule has 1 aromatic heterocycles. The molecule has 2 aromatic rings. The fourth-order valence-electron chi connectivity index (χ4n) is 4.19. The van der Waals surface area contributed by atoms with Gasteiger partial charge in [-0.3, -0.25) is 9.59 Å². The molecule has 0 bridgehead atoms. The van der Waals surface area contributed by atoms with E-state index in [4.69, 9.17) is 4.98 Å². The first-order valence-electron chi connectivity index (χ1n) is 9.96. The molecule has 1 saturated heterocycles. The third-order valence-corrected chi connectivity index (χ3v) is 5.71. The summed E-state index contributed by atoms with van der Waals surface area (Å²) in [6.45, 7) is 5.66. The van der Waals surface area contributed by atoms with Crippen LogP contribution in [0.1, 0.15) is 54.0 Å². The van der Waals surface area contributed by atoms with Crippen LogP contribution in [-0.4, -0.2) is 44.7 Å². The lowest BCUT2D eigenvalue weighted by Crippen LogP contribution is -2.36. The Balaban J connectivity index is 1.50. The number of fused-ring (bicyclic) bond motifs is 1. The Bertz CT molecular complexity index is 911. The van der Waals surface area contributed by atoms with Crippen molar-refractivity contribution < 1.29 is 9.59 Å². The molecule has 28 heavy (non-hydrogen) atoms. The summed E-state index contributed by atoms with van der Waals surface area (Å²) in [6, 6.07) is 8.07. The average Bonchev–Trinajstić information content (AvgIpc) is 3.17. The second kappa shape index (κ2) is 7.70. The Morgan fingerprint density at radius 1 is 1.25 bits per heavy atom. The van der Waals surface area contributed by atoms with E-state index in [0.717, 1.165) is 48.5 Å². The Hall–Kier alpha value is -2.76. The molecular formula is C22H26N4O2. The van der Waals surface area contributed by atoms with Gasteiger partial charge >= 0.3 is 0 Å². The summed E-state index contributed by atoms with van der Waals surface area (Å²) in [7, 11) is 0. The van der Waals surface area contributed by atoms with Gasteiger partial charge in [0.25, 0.3) is 0 Å². The molecule has 0 unspecified atom stereocenters. The lowest BCUT2D eigenvalue weighted by atomic mass is 10.1. The third-order valence-electron chi connectivity index (χ3n) is 5.71. The van der Waals surface area contributed by atoms with Gasteiger partial charge in [0, 0.05) is 44.7 Å². The summed E-state index contributed by atoms with van der Waals surface area (Å²) >= 11 is 0. The van der Waals surface area contributed by atoms with Crippen LogP contribution in [0.4, 0.5) is 0 Å². The van der Waals surface area contributed by atoms with Crippen LogP contribution in [0.15, 0.2) is 30.5 Å². The van der Waals surface area contributed by atoms with E-state index in [2.05, 4.69) is 11.1 Å². The molecular weight excluding hydrogens is 352 g/mol. The standard InChI is InChI=1S/C22H26N4O2/c1-15-5-3-6-17(11-15)12-21(28)26-9-4-7-20(26)22-23-13-18-14-25(16(2)27)10-8-19(18)24-22/h3,5-6,11,13,20H,4,7-10,12,14H2,1-2H3/t20-/m1/s1. The molecule has 4 rings (SSSR count). The molecule has 6 nitrogen and oxygen atoms in total. The number of carbonyl (C=O) groups is 2. The summed E-state index contributed by atoms with van der Waals surface area (Å²) in [5.74, 6) is 0.959. The van der Waals surface area contributed by atoms with Crippen molar-refractivity contribution in [1.82, 2.24) is 19.8 Å². The summed E-state index contributed by atoms with van der Waals surface area (Å²) in [4.78, 5) is 37.7. The number of hydrogen-bond acceptors (Lipinski definition) is 4. The molecule has 1 aromatic carbocycles. The van der Waals surface area contributed by atoms with Crippen LogP contribution >= 0.6 is 0 Å². The number of aryl methyl sites for hydroxylation is 1. The van der Waals surface area contributed by atoms with Gasteiger partial charge in [-0.25, -0.2) is 9.97 Å². The zero-order valence-corrected chi connectivity index (χ0v) is 16.5. The van der Waals surface area contributed by atoms with Gasteiger partial charge in [0.15, 0.2) is 5.82 Å². The predicted molar refractivity (Wildman–Crippen MR) is 105 cm³/mol. The van der Waals surface area contributed by atoms with Gasteiger partial charge in [-0.1, -0.05) is 29.8 Å². The van der Waals surface area contributed by atoms with Crippen LogP contribution in [0.2, 0.25) is 0 Å². The average molecular weight is 378 g/mol. The Morgan fingerprint density at radius 3 is 2.89 bits per heavy atom.